The Morgan fingerprint density at radius 3 is 2.57 bits per heavy atom. The molecule has 1 N–H and O–H groups in total. The van der Waals surface area contributed by atoms with Gasteiger partial charge in [0, 0.05) is 22.4 Å². The number of nitrogens with one attached hydrogen (secondary N) is 1. The molecule has 0 radical (unpaired) electrons. The molecule has 21 heavy (non-hydrogen) atoms. The van der Waals surface area contributed by atoms with Gasteiger partial charge in [0.25, 0.3) is 0 Å². The zero-order valence-electron chi connectivity index (χ0n) is 10.4. The minimum Gasteiger partial charge on any atom is -0.334 e. The first-order valence-electron chi connectivity index (χ1n) is 5.56. The molecule has 7 nitrogen and oxygen atoms in total. The van der Waals surface area contributed by atoms with Crippen LogP contribution in [0.25, 0.3) is 0 Å². The molecule has 0 aliphatic heterocycles. The fourth-order valence-electron chi connectivity index (χ4n) is 1.61. The fourth-order valence-corrected chi connectivity index (χ4v) is 1.93. The van der Waals surface area contributed by atoms with E-state index >= 15 is 0 Å². The Hall–Kier alpha value is -2.97. The van der Waals surface area contributed by atoms with Gasteiger partial charge in [0.05, 0.1) is 16.1 Å². The van der Waals surface area contributed by atoms with E-state index in [1.165, 1.54) is 24.4 Å². The summed E-state index contributed by atoms with van der Waals surface area (Å²) in [6, 6.07) is 9.56. The lowest BCUT2D eigenvalue weighted by atomic mass is 10.1. The van der Waals surface area contributed by atoms with Gasteiger partial charge < -0.3 is 5.32 Å². The summed E-state index contributed by atoms with van der Waals surface area (Å²) >= 11 is 3.12. The molecule has 0 saturated carbocycles. The van der Waals surface area contributed by atoms with Crippen molar-refractivity contribution in [1.82, 2.24) is 4.98 Å². The van der Waals surface area contributed by atoms with Crippen molar-refractivity contribution in [3.8, 4) is 12.1 Å². The van der Waals surface area contributed by atoms with E-state index in [2.05, 4.69) is 26.2 Å². The third kappa shape index (κ3) is 3.14. The highest BCUT2D eigenvalue weighted by Crippen LogP contribution is 2.28. The van der Waals surface area contributed by atoms with Crippen LogP contribution in [0.3, 0.4) is 0 Å². The minimum absolute atomic E-state index is 0.0526. The van der Waals surface area contributed by atoms with Crippen LogP contribution in [0.1, 0.15) is 11.1 Å². The van der Waals surface area contributed by atoms with Gasteiger partial charge in [0.1, 0.15) is 12.1 Å². The summed E-state index contributed by atoms with van der Waals surface area (Å²) in [6.45, 7) is 0. The Morgan fingerprint density at radius 2 is 1.95 bits per heavy atom. The molecule has 0 bridgehead atoms. The Bertz CT molecular complexity index is 807. The van der Waals surface area contributed by atoms with Crippen LogP contribution >= 0.6 is 15.9 Å². The highest BCUT2D eigenvalue weighted by molar-refractivity contribution is 9.10. The molecular formula is C13H6BrN5O2. The van der Waals surface area contributed by atoms with E-state index in [1.54, 1.807) is 6.07 Å². The molecule has 0 aliphatic rings. The lowest BCUT2D eigenvalue weighted by molar-refractivity contribution is -0.384. The number of nitrogens with zero attached hydrogens (tertiary/aromatic N) is 4. The minimum atomic E-state index is -0.561. The van der Waals surface area contributed by atoms with E-state index in [4.69, 9.17) is 10.5 Å². The first kappa shape index (κ1) is 14.4. The molecule has 1 aromatic heterocycles. The van der Waals surface area contributed by atoms with Crippen molar-refractivity contribution in [2.45, 2.75) is 0 Å². The van der Waals surface area contributed by atoms with E-state index in [-0.39, 0.29) is 22.6 Å². The lowest BCUT2D eigenvalue weighted by Gasteiger charge is -2.07. The van der Waals surface area contributed by atoms with E-state index in [1.807, 2.05) is 12.1 Å². The summed E-state index contributed by atoms with van der Waals surface area (Å²) in [7, 11) is 0. The number of pyridine rings is 1. The number of hydrogen-bond acceptors (Lipinski definition) is 6. The van der Waals surface area contributed by atoms with Gasteiger partial charge >= 0.3 is 5.69 Å². The Balaban J connectivity index is 2.42. The SMILES string of the molecule is N#Cc1ccc(Nc2ncc(Br)cc2[N+](=O)[O-])cc1C#N. The fraction of sp³-hybridized carbons (Fsp3) is 0. The van der Waals surface area contributed by atoms with Gasteiger partial charge in [-0.25, -0.2) is 4.98 Å². The molecule has 0 unspecified atom stereocenters. The van der Waals surface area contributed by atoms with Crippen molar-refractivity contribution >= 4 is 33.1 Å². The summed E-state index contributed by atoms with van der Waals surface area (Å²) in [5, 5.41) is 31.6. The molecule has 1 aromatic carbocycles. The molecule has 1 heterocycles. The maximum absolute atomic E-state index is 11.0. The van der Waals surface area contributed by atoms with Gasteiger partial charge in [-0.1, -0.05) is 0 Å². The van der Waals surface area contributed by atoms with E-state index in [9.17, 15) is 10.1 Å². The van der Waals surface area contributed by atoms with Crippen LogP contribution in [0.4, 0.5) is 17.2 Å². The van der Waals surface area contributed by atoms with Crippen LogP contribution in [0, 0.1) is 32.8 Å². The average Bonchev–Trinajstić information content (AvgIpc) is 2.48. The van der Waals surface area contributed by atoms with E-state index in [0.717, 1.165) is 0 Å². The molecule has 0 aliphatic carbocycles. The van der Waals surface area contributed by atoms with Crippen LogP contribution in [0.5, 0.6) is 0 Å². The van der Waals surface area contributed by atoms with Gasteiger partial charge in [-0.15, -0.1) is 0 Å². The first-order valence-corrected chi connectivity index (χ1v) is 6.35. The largest absolute Gasteiger partial charge is 0.334 e. The zero-order chi connectivity index (χ0) is 15.4. The smallest absolute Gasteiger partial charge is 0.312 e. The van der Waals surface area contributed by atoms with Gasteiger partial charge in [-0.3, -0.25) is 10.1 Å². The van der Waals surface area contributed by atoms with Gasteiger partial charge in [-0.2, -0.15) is 10.5 Å². The number of hydrogen-bond donors (Lipinski definition) is 1. The second kappa shape index (κ2) is 5.99. The molecule has 0 spiro atoms. The topological polar surface area (TPSA) is 116 Å². The number of anilines is 2. The van der Waals surface area contributed by atoms with Gasteiger partial charge in [0.15, 0.2) is 0 Å². The normalized spacial score (nSPS) is 9.48. The van der Waals surface area contributed by atoms with Crippen LogP contribution in [0.2, 0.25) is 0 Å². The van der Waals surface area contributed by atoms with Crippen LogP contribution in [-0.2, 0) is 0 Å². The Labute approximate surface area is 127 Å². The van der Waals surface area contributed by atoms with Crippen molar-refractivity contribution in [2.75, 3.05) is 5.32 Å². The van der Waals surface area contributed by atoms with Crippen molar-refractivity contribution in [3.63, 3.8) is 0 Å². The van der Waals surface area contributed by atoms with Crippen molar-refractivity contribution in [3.05, 3.63) is 56.2 Å². The second-order valence-corrected chi connectivity index (χ2v) is 4.80. The van der Waals surface area contributed by atoms with E-state index in [0.29, 0.717) is 10.2 Å². The molecule has 102 valence electrons. The number of nitro groups is 1. The van der Waals surface area contributed by atoms with E-state index < -0.39 is 4.92 Å². The van der Waals surface area contributed by atoms with Crippen LogP contribution in [-0.4, -0.2) is 9.91 Å². The quantitative estimate of drug-likeness (QED) is 0.675. The predicted octanol–water partition coefficient (Wildman–Crippen LogP) is 3.24. The summed E-state index contributed by atoms with van der Waals surface area (Å²) in [5.41, 5.74) is 0.652. The number of aromatic nitrogens is 1. The predicted molar refractivity (Wildman–Crippen MR) is 77.7 cm³/mol. The van der Waals surface area contributed by atoms with Crippen molar-refractivity contribution in [1.29, 1.82) is 10.5 Å². The molecule has 2 aromatic rings. The molecule has 8 heteroatoms. The van der Waals surface area contributed by atoms with Crippen molar-refractivity contribution < 1.29 is 4.92 Å². The third-order valence-electron chi connectivity index (χ3n) is 2.55. The molecule has 2 rings (SSSR count). The Kier molecular flexibility index (Phi) is 4.12. The summed E-state index contributed by atoms with van der Waals surface area (Å²) in [5.74, 6) is 0.0526. The second-order valence-electron chi connectivity index (χ2n) is 3.89. The maximum atomic E-state index is 11.0. The number of benzene rings is 1. The zero-order valence-corrected chi connectivity index (χ0v) is 12.0. The molecular weight excluding hydrogens is 338 g/mol. The summed E-state index contributed by atoms with van der Waals surface area (Å²) in [4.78, 5) is 14.4. The van der Waals surface area contributed by atoms with Crippen LogP contribution < -0.4 is 5.32 Å². The number of halogens is 1. The summed E-state index contributed by atoms with van der Waals surface area (Å²) in [6.07, 6.45) is 1.42. The standard InChI is InChI=1S/C13H6BrN5O2/c14-10-4-12(19(20)21)13(17-7-10)18-11-2-1-8(5-15)9(3-11)6-16/h1-4,7H,(H,17,18). The highest BCUT2D eigenvalue weighted by Gasteiger charge is 2.16. The van der Waals surface area contributed by atoms with Gasteiger partial charge in [0.2, 0.25) is 5.82 Å². The monoisotopic (exact) mass is 343 g/mol. The number of nitriles is 2. The molecule has 0 amide bonds. The molecule has 0 fully saturated rings. The van der Waals surface area contributed by atoms with Gasteiger partial charge in [-0.05, 0) is 34.1 Å². The maximum Gasteiger partial charge on any atom is 0.312 e. The third-order valence-corrected chi connectivity index (χ3v) is 2.99. The Morgan fingerprint density at radius 1 is 1.24 bits per heavy atom. The molecule has 0 atom stereocenters. The first-order chi connectivity index (χ1) is 10.0. The number of rotatable bonds is 3. The lowest BCUT2D eigenvalue weighted by Crippen LogP contribution is -2.00. The van der Waals surface area contributed by atoms with Crippen LogP contribution in [0.15, 0.2) is 34.9 Å². The average molecular weight is 344 g/mol. The molecule has 0 saturated heterocycles. The van der Waals surface area contributed by atoms with Crippen molar-refractivity contribution in [2.24, 2.45) is 0 Å². The highest BCUT2D eigenvalue weighted by atomic mass is 79.9. The summed E-state index contributed by atoms with van der Waals surface area (Å²) < 4.78 is 0.484.